The molecule has 5 heteroatoms. The molecular formula is C2HClNO3-. The van der Waals surface area contributed by atoms with E-state index in [1.165, 1.54) is 5.32 Å². The standard InChI is InChI=1S/C2H2ClNO3/c3-1(5)4-2(6)7/h(H,4,5)(H,6,7)/p-1. The second-order valence-electron chi connectivity index (χ2n) is 0.686. The molecule has 1 N–H and O–H groups in total. The molecular weight excluding hydrogens is 121 g/mol. The predicted octanol–water partition coefficient (Wildman–Crippen LogP) is -0.722. The quantitative estimate of drug-likeness (QED) is 0.341. The molecule has 0 aliphatic rings. The van der Waals surface area contributed by atoms with Crippen LogP contribution < -0.4 is 10.4 Å². The Kier molecular flexibility index (Phi) is 2.15. The number of carbonyl (C=O) groups is 2. The van der Waals surface area contributed by atoms with Crippen molar-refractivity contribution < 1.29 is 14.7 Å². The highest BCUT2D eigenvalue weighted by Crippen LogP contribution is 1.72. The van der Waals surface area contributed by atoms with E-state index in [1.807, 2.05) is 0 Å². The number of rotatable bonds is 0. The summed E-state index contributed by atoms with van der Waals surface area (Å²) in [4.78, 5) is 18.8. The van der Waals surface area contributed by atoms with Gasteiger partial charge in [-0.25, -0.2) is 0 Å². The maximum atomic E-state index is 9.49. The Labute approximate surface area is 44.1 Å². The summed E-state index contributed by atoms with van der Waals surface area (Å²) < 4.78 is 0. The van der Waals surface area contributed by atoms with Crippen LogP contribution in [0.5, 0.6) is 0 Å². The van der Waals surface area contributed by atoms with Gasteiger partial charge in [0, 0.05) is 0 Å². The molecule has 0 aliphatic carbocycles. The van der Waals surface area contributed by atoms with Crippen molar-refractivity contribution in [1.82, 2.24) is 5.32 Å². The van der Waals surface area contributed by atoms with Crippen LogP contribution in [0.2, 0.25) is 0 Å². The Hall–Kier alpha value is -0.770. The number of carboxylic acid groups (broad SMARTS) is 1. The maximum absolute atomic E-state index is 9.49. The van der Waals surface area contributed by atoms with E-state index in [-0.39, 0.29) is 0 Å². The molecule has 0 fully saturated rings. The van der Waals surface area contributed by atoms with Crippen molar-refractivity contribution in [2.75, 3.05) is 0 Å². The van der Waals surface area contributed by atoms with Crippen molar-refractivity contribution in [3.8, 4) is 0 Å². The number of amides is 2. The van der Waals surface area contributed by atoms with Gasteiger partial charge in [-0.3, -0.25) is 10.1 Å². The normalized spacial score (nSPS) is 7.57. The molecule has 40 valence electrons. The van der Waals surface area contributed by atoms with Crippen LogP contribution in [-0.2, 0) is 0 Å². The number of imide groups is 1. The van der Waals surface area contributed by atoms with Crippen molar-refractivity contribution in [1.29, 1.82) is 0 Å². The number of hydrogen-bond acceptors (Lipinski definition) is 3. The van der Waals surface area contributed by atoms with Crippen molar-refractivity contribution in [3.63, 3.8) is 0 Å². The maximum Gasteiger partial charge on any atom is 0.319 e. The Bertz CT molecular complexity index is 89.1. The van der Waals surface area contributed by atoms with Crippen LogP contribution in [0.4, 0.5) is 9.59 Å². The molecule has 0 rings (SSSR count). The molecule has 0 bridgehead atoms. The summed E-state index contributed by atoms with van der Waals surface area (Å²) >= 11 is 4.50. The van der Waals surface area contributed by atoms with Gasteiger partial charge in [0.05, 0.1) is 0 Å². The van der Waals surface area contributed by atoms with E-state index >= 15 is 0 Å². The van der Waals surface area contributed by atoms with E-state index < -0.39 is 11.5 Å². The lowest BCUT2D eigenvalue weighted by molar-refractivity contribution is -0.248. The minimum atomic E-state index is -1.69. The lowest BCUT2D eigenvalue weighted by atomic mass is 11.1. The van der Waals surface area contributed by atoms with E-state index in [2.05, 4.69) is 11.6 Å². The average molecular weight is 122 g/mol. The van der Waals surface area contributed by atoms with Crippen LogP contribution in [0, 0.1) is 0 Å². The van der Waals surface area contributed by atoms with Gasteiger partial charge in [-0.15, -0.1) is 0 Å². The second kappa shape index (κ2) is 2.41. The van der Waals surface area contributed by atoms with Crippen LogP contribution in [0.1, 0.15) is 0 Å². The largest absolute Gasteiger partial charge is 0.530 e. The summed E-state index contributed by atoms with van der Waals surface area (Å²) in [5, 5.41) is 9.37. The Morgan fingerprint density at radius 1 is 1.57 bits per heavy atom. The second-order valence-corrected chi connectivity index (χ2v) is 1.03. The molecule has 0 aromatic heterocycles. The van der Waals surface area contributed by atoms with Crippen LogP contribution in [0.3, 0.4) is 0 Å². The molecule has 0 heterocycles. The monoisotopic (exact) mass is 122 g/mol. The van der Waals surface area contributed by atoms with Crippen molar-refractivity contribution in [3.05, 3.63) is 0 Å². The molecule has 0 aromatic carbocycles. The third kappa shape index (κ3) is 5.23. The molecule has 2 amide bonds. The van der Waals surface area contributed by atoms with Gasteiger partial charge in [-0.2, -0.15) is 0 Å². The third-order valence-corrected chi connectivity index (χ3v) is 0.295. The first-order valence-electron chi connectivity index (χ1n) is 1.30. The first-order chi connectivity index (χ1) is 3.13. The summed E-state index contributed by atoms with van der Waals surface area (Å²) in [5.74, 6) is 0. The Morgan fingerprint density at radius 2 is 2.00 bits per heavy atom. The van der Waals surface area contributed by atoms with Crippen LogP contribution in [-0.4, -0.2) is 11.5 Å². The van der Waals surface area contributed by atoms with Crippen LogP contribution in [0.15, 0.2) is 0 Å². The highest BCUT2D eigenvalue weighted by Gasteiger charge is 1.87. The lowest BCUT2D eigenvalue weighted by Gasteiger charge is -1.95. The summed E-state index contributed by atoms with van der Waals surface area (Å²) in [6.07, 6.45) is -1.69. The molecule has 0 radical (unpaired) electrons. The van der Waals surface area contributed by atoms with Gasteiger partial charge in [0.2, 0.25) is 0 Å². The first kappa shape index (κ1) is 6.23. The predicted molar refractivity (Wildman–Crippen MR) is 19.8 cm³/mol. The number of hydrogen-bond donors (Lipinski definition) is 1. The molecule has 0 saturated carbocycles. The average Bonchev–Trinajstić information content (AvgIpc) is 1.27. The summed E-state index contributed by atoms with van der Waals surface area (Å²) in [6, 6.07) is 0. The van der Waals surface area contributed by atoms with E-state index in [0.29, 0.717) is 0 Å². The minimum absolute atomic E-state index is 1.15. The molecule has 4 nitrogen and oxygen atoms in total. The zero-order valence-corrected chi connectivity index (χ0v) is 3.86. The highest BCUT2D eigenvalue weighted by atomic mass is 35.5. The number of nitrogens with one attached hydrogen (secondary N) is 1. The zero-order valence-electron chi connectivity index (χ0n) is 3.10. The Morgan fingerprint density at radius 3 is 2.00 bits per heavy atom. The molecule has 0 atom stereocenters. The molecule has 0 unspecified atom stereocenters. The van der Waals surface area contributed by atoms with Crippen molar-refractivity contribution >= 4 is 23.1 Å². The van der Waals surface area contributed by atoms with Crippen LogP contribution in [0.25, 0.3) is 0 Å². The van der Waals surface area contributed by atoms with Crippen molar-refractivity contribution in [2.45, 2.75) is 0 Å². The summed E-state index contributed by atoms with van der Waals surface area (Å²) in [6.45, 7) is 0. The lowest BCUT2D eigenvalue weighted by Crippen LogP contribution is -2.37. The smallest absolute Gasteiger partial charge is 0.319 e. The highest BCUT2D eigenvalue weighted by molar-refractivity contribution is 6.63. The minimum Gasteiger partial charge on any atom is -0.530 e. The third-order valence-electron chi connectivity index (χ3n) is 0.200. The van der Waals surface area contributed by atoms with Crippen molar-refractivity contribution in [2.24, 2.45) is 0 Å². The van der Waals surface area contributed by atoms with E-state index in [4.69, 9.17) is 0 Å². The molecule has 0 spiro atoms. The van der Waals surface area contributed by atoms with Gasteiger partial charge < -0.3 is 9.90 Å². The van der Waals surface area contributed by atoms with Gasteiger partial charge in [0.15, 0.2) is 0 Å². The topological polar surface area (TPSA) is 69.2 Å². The van der Waals surface area contributed by atoms with Gasteiger partial charge in [0.25, 0.3) is 0 Å². The molecule has 0 aliphatic heterocycles. The zero-order chi connectivity index (χ0) is 5.86. The molecule has 0 aromatic rings. The fourth-order valence-corrected chi connectivity index (χ4v) is 0.157. The fourth-order valence-electron chi connectivity index (χ4n) is 0.0802. The number of carbonyl (C=O) groups excluding carboxylic acids is 2. The van der Waals surface area contributed by atoms with Gasteiger partial charge >= 0.3 is 5.37 Å². The van der Waals surface area contributed by atoms with Gasteiger partial charge in [-0.05, 0) is 11.6 Å². The van der Waals surface area contributed by atoms with E-state index in [0.717, 1.165) is 0 Å². The van der Waals surface area contributed by atoms with Crippen LogP contribution >= 0.6 is 11.6 Å². The van der Waals surface area contributed by atoms with E-state index in [1.54, 1.807) is 0 Å². The molecule has 0 saturated heterocycles. The first-order valence-corrected chi connectivity index (χ1v) is 1.68. The summed E-state index contributed by atoms with van der Waals surface area (Å²) in [5.41, 5.74) is 0. The van der Waals surface area contributed by atoms with Gasteiger partial charge in [-0.1, -0.05) is 0 Å². The molecule has 7 heavy (non-hydrogen) atoms. The number of halogens is 1. The SMILES string of the molecule is O=C([O-])NC(=O)Cl. The fraction of sp³-hybridized carbons (Fsp3) is 0. The van der Waals surface area contributed by atoms with E-state index in [9.17, 15) is 14.7 Å². The Balaban J connectivity index is 3.32. The summed E-state index contributed by atoms with van der Waals surface area (Å²) in [7, 11) is 0. The van der Waals surface area contributed by atoms with Gasteiger partial charge in [0.1, 0.15) is 6.09 Å².